The highest BCUT2D eigenvalue weighted by Crippen LogP contribution is 2.41. The number of halogens is 1. The molecule has 0 spiro atoms. The molecule has 0 radical (unpaired) electrons. The SMILES string of the molecule is CCCCNc1ncc2c(n1)N([C@H]1CC[C@H](NC(=O)O)CC1)Cc1cc(Cl)ccc1-2. The molecule has 7 nitrogen and oxygen atoms in total. The van der Waals surface area contributed by atoms with Crippen molar-refractivity contribution in [3.8, 4) is 11.1 Å². The largest absolute Gasteiger partial charge is 0.465 e. The van der Waals surface area contributed by atoms with Crippen LogP contribution in [0.25, 0.3) is 11.1 Å². The molecule has 1 saturated carbocycles. The maximum absolute atomic E-state index is 11.0. The van der Waals surface area contributed by atoms with Crippen LogP contribution in [0.4, 0.5) is 16.6 Å². The average molecular weight is 430 g/mol. The van der Waals surface area contributed by atoms with Crippen LogP contribution in [0, 0.1) is 0 Å². The summed E-state index contributed by atoms with van der Waals surface area (Å²) in [5, 5.41) is 15.7. The lowest BCUT2D eigenvalue weighted by molar-refractivity contribution is 0.184. The van der Waals surface area contributed by atoms with E-state index in [0.717, 1.165) is 73.6 Å². The minimum absolute atomic E-state index is 0.0291. The standard InChI is InChI=1S/C22H28ClN5O2/c1-2-3-10-24-21-25-12-19-18-9-4-15(23)11-14(18)13-28(20(19)27-21)17-7-5-16(6-8-17)26-22(29)30/h4,9,11-12,16-17,26H,2-3,5-8,10,13H2,1H3,(H,29,30)(H,24,25,27)/t16-,17-. The van der Waals surface area contributed by atoms with Crippen LogP contribution in [0.5, 0.6) is 0 Å². The number of aromatic nitrogens is 2. The summed E-state index contributed by atoms with van der Waals surface area (Å²) in [6, 6.07) is 6.32. The Bertz CT molecular complexity index is 914. The predicted molar refractivity (Wildman–Crippen MR) is 119 cm³/mol. The van der Waals surface area contributed by atoms with Gasteiger partial charge in [0.05, 0.1) is 0 Å². The van der Waals surface area contributed by atoms with Gasteiger partial charge in [0.25, 0.3) is 0 Å². The Balaban J connectivity index is 1.61. The van der Waals surface area contributed by atoms with Crippen molar-refractivity contribution in [2.75, 3.05) is 16.8 Å². The summed E-state index contributed by atoms with van der Waals surface area (Å²) in [4.78, 5) is 22.8. The number of unbranched alkanes of at least 4 members (excludes halogenated alkanes) is 1. The number of hydrogen-bond donors (Lipinski definition) is 3. The van der Waals surface area contributed by atoms with E-state index in [0.29, 0.717) is 12.0 Å². The molecule has 1 fully saturated rings. The third kappa shape index (κ3) is 4.46. The summed E-state index contributed by atoms with van der Waals surface area (Å²) in [7, 11) is 0. The first-order valence-electron chi connectivity index (χ1n) is 10.7. The van der Waals surface area contributed by atoms with Crippen LogP contribution in [0.3, 0.4) is 0 Å². The van der Waals surface area contributed by atoms with Crippen LogP contribution in [-0.4, -0.2) is 39.8 Å². The summed E-state index contributed by atoms with van der Waals surface area (Å²) in [5.74, 6) is 1.61. The van der Waals surface area contributed by atoms with E-state index in [1.54, 1.807) is 0 Å². The second-order valence-electron chi connectivity index (χ2n) is 8.10. The van der Waals surface area contributed by atoms with Gasteiger partial charge in [-0.3, -0.25) is 0 Å². The fraction of sp³-hybridized carbons (Fsp3) is 0.500. The lowest BCUT2D eigenvalue weighted by atomic mass is 9.88. The van der Waals surface area contributed by atoms with Gasteiger partial charge in [-0.05, 0) is 55.4 Å². The molecule has 2 aromatic rings. The summed E-state index contributed by atoms with van der Waals surface area (Å²) in [5.41, 5.74) is 3.34. The Kier molecular flexibility index (Phi) is 6.27. The Morgan fingerprint density at radius 1 is 1.27 bits per heavy atom. The molecule has 3 N–H and O–H groups in total. The Morgan fingerprint density at radius 2 is 2.07 bits per heavy atom. The molecule has 4 rings (SSSR count). The summed E-state index contributed by atoms with van der Waals surface area (Å²) in [6.45, 7) is 3.76. The van der Waals surface area contributed by atoms with Crippen LogP contribution in [0.2, 0.25) is 5.02 Å². The molecule has 1 aliphatic heterocycles. The number of nitrogens with zero attached hydrogens (tertiary/aromatic N) is 3. The summed E-state index contributed by atoms with van der Waals surface area (Å²) in [6.07, 6.45) is 6.66. The summed E-state index contributed by atoms with van der Waals surface area (Å²) >= 11 is 6.28. The number of fused-ring (bicyclic) bond motifs is 3. The van der Waals surface area contributed by atoms with Crippen molar-refractivity contribution in [3.63, 3.8) is 0 Å². The highest BCUT2D eigenvalue weighted by Gasteiger charge is 2.32. The topological polar surface area (TPSA) is 90.4 Å². The number of nitrogens with one attached hydrogen (secondary N) is 2. The highest BCUT2D eigenvalue weighted by atomic mass is 35.5. The van der Waals surface area contributed by atoms with Crippen LogP contribution in [-0.2, 0) is 6.54 Å². The van der Waals surface area contributed by atoms with E-state index < -0.39 is 6.09 Å². The van der Waals surface area contributed by atoms with Crippen molar-refractivity contribution in [2.45, 2.75) is 64.1 Å². The van der Waals surface area contributed by atoms with Crippen molar-refractivity contribution < 1.29 is 9.90 Å². The number of carboxylic acid groups (broad SMARTS) is 1. The molecule has 0 saturated heterocycles. The van der Waals surface area contributed by atoms with Crippen LogP contribution >= 0.6 is 11.6 Å². The molecule has 2 aliphatic rings. The van der Waals surface area contributed by atoms with Crippen molar-refractivity contribution in [1.29, 1.82) is 0 Å². The quantitative estimate of drug-likeness (QED) is 0.565. The minimum Gasteiger partial charge on any atom is -0.465 e. The fourth-order valence-electron chi connectivity index (χ4n) is 4.47. The maximum atomic E-state index is 11.0. The molecule has 160 valence electrons. The third-order valence-corrected chi connectivity index (χ3v) is 6.25. The average Bonchev–Trinajstić information content (AvgIpc) is 2.73. The molecule has 1 amide bonds. The lowest BCUT2D eigenvalue weighted by Crippen LogP contribution is -2.44. The first-order valence-corrected chi connectivity index (χ1v) is 11.1. The van der Waals surface area contributed by atoms with Crippen molar-refractivity contribution in [1.82, 2.24) is 15.3 Å². The Morgan fingerprint density at radius 3 is 2.80 bits per heavy atom. The van der Waals surface area contributed by atoms with Gasteiger partial charge >= 0.3 is 6.09 Å². The van der Waals surface area contributed by atoms with E-state index in [4.69, 9.17) is 21.7 Å². The van der Waals surface area contributed by atoms with Crippen LogP contribution < -0.4 is 15.5 Å². The second kappa shape index (κ2) is 9.08. The minimum atomic E-state index is -0.944. The van der Waals surface area contributed by atoms with Gasteiger partial charge in [0.1, 0.15) is 5.82 Å². The van der Waals surface area contributed by atoms with Crippen LogP contribution in [0.15, 0.2) is 24.4 Å². The fourth-order valence-corrected chi connectivity index (χ4v) is 4.66. The molecule has 2 heterocycles. The third-order valence-electron chi connectivity index (χ3n) is 6.02. The molecule has 0 atom stereocenters. The summed E-state index contributed by atoms with van der Waals surface area (Å²) < 4.78 is 0. The normalized spacial score (nSPS) is 20.3. The second-order valence-corrected chi connectivity index (χ2v) is 8.53. The molecular formula is C22H28ClN5O2. The molecule has 1 aliphatic carbocycles. The van der Waals surface area contributed by atoms with Crippen molar-refractivity contribution >= 4 is 29.5 Å². The molecule has 30 heavy (non-hydrogen) atoms. The first-order chi connectivity index (χ1) is 14.5. The van der Waals surface area contributed by atoms with E-state index in [9.17, 15) is 4.79 Å². The zero-order valence-electron chi connectivity index (χ0n) is 17.2. The van der Waals surface area contributed by atoms with E-state index in [2.05, 4.69) is 33.5 Å². The van der Waals surface area contributed by atoms with Gasteiger partial charge in [-0.25, -0.2) is 9.78 Å². The number of benzene rings is 1. The van der Waals surface area contributed by atoms with Gasteiger partial charge in [0.15, 0.2) is 0 Å². The maximum Gasteiger partial charge on any atom is 0.404 e. The Labute approximate surface area is 181 Å². The Hall–Kier alpha value is -2.54. The van der Waals surface area contributed by atoms with Crippen molar-refractivity contribution in [2.24, 2.45) is 0 Å². The number of amides is 1. The zero-order chi connectivity index (χ0) is 21.1. The molecule has 0 unspecified atom stereocenters. The van der Waals surface area contributed by atoms with Gasteiger partial charge in [-0.15, -0.1) is 0 Å². The van der Waals surface area contributed by atoms with Crippen molar-refractivity contribution in [3.05, 3.63) is 35.0 Å². The van der Waals surface area contributed by atoms with Gasteiger partial charge in [0.2, 0.25) is 5.95 Å². The number of carbonyl (C=O) groups is 1. The zero-order valence-corrected chi connectivity index (χ0v) is 18.0. The molecule has 1 aromatic carbocycles. The monoisotopic (exact) mass is 429 g/mol. The molecule has 1 aromatic heterocycles. The van der Waals surface area contributed by atoms with E-state index in [-0.39, 0.29) is 6.04 Å². The molecule has 8 heteroatoms. The van der Waals surface area contributed by atoms with Crippen LogP contribution in [0.1, 0.15) is 51.0 Å². The first kappa shape index (κ1) is 20.7. The van der Waals surface area contributed by atoms with E-state index in [1.807, 2.05) is 18.3 Å². The highest BCUT2D eigenvalue weighted by molar-refractivity contribution is 6.30. The molecular weight excluding hydrogens is 402 g/mol. The molecule has 0 bridgehead atoms. The van der Waals surface area contributed by atoms with Gasteiger partial charge in [0, 0.05) is 42.0 Å². The van der Waals surface area contributed by atoms with E-state index >= 15 is 0 Å². The number of anilines is 2. The van der Waals surface area contributed by atoms with E-state index in [1.165, 1.54) is 5.56 Å². The van der Waals surface area contributed by atoms with Gasteiger partial charge in [-0.2, -0.15) is 4.98 Å². The predicted octanol–water partition coefficient (Wildman–Crippen LogP) is 4.91. The lowest BCUT2D eigenvalue weighted by Gasteiger charge is -2.41. The smallest absolute Gasteiger partial charge is 0.404 e. The number of rotatable bonds is 6. The van der Waals surface area contributed by atoms with Gasteiger partial charge in [-0.1, -0.05) is 31.0 Å². The number of hydrogen-bond acceptors (Lipinski definition) is 5. The van der Waals surface area contributed by atoms with Gasteiger partial charge < -0.3 is 20.6 Å².